The summed E-state index contributed by atoms with van der Waals surface area (Å²) in [6, 6.07) is 19.6. The molecule has 0 amide bonds. The van der Waals surface area contributed by atoms with Gasteiger partial charge in [0.05, 0.1) is 6.10 Å². The summed E-state index contributed by atoms with van der Waals surface area (Å²) in [6.07, 6.45) is 4.45. The van der Waals surface area contributed by atoms with E-state index < -0.39 is 0 Å². The van der Waals surface area contributed by atoms with E-state index in [0.29, 0.717) is 5.92 Å². The molecule has 0 bridgehead atoms. The van der Waals surface area contributed by atoms with Gasteiger partial charge in [-0.15, -0.1) is 24.0 Å². The predicted octanol–water partition coefficient (Wildman–Crippen LogP) is 4.99. The van der Waals surface area contributed by atoms with Crippen molar-refractivity contribution in [2.75, 3.05) is 40.0 Å². The van der Waals surface area contributed by atoms with Crippen molar-refractivity contribution in [1.29, 1.82) is 0 Å². The molecule has 2 N–H and O–H groups in total. The molecule has 2 atom stereocenters. The average Bonchev–Trinajstić information content (AvgIpc) is 2.86. The number of hydrogen-bond donors (Lipinski definition) is 2. The van der Waals surface area contributed by atoms with Crippen LogP contribution >= 0.6 is 24.0 Å². The first-order valence-electron chi connectivity index (χ1n) is 12.0. The Kier molecular flexibility index (Phi) is 10.0. The number of hydrogen-bond acceptors (Lipinski definition) is 3. The normalized spacial score (nSPS) is 22.8. The van der Waals surface area contributed by atoms with Crippen LogP contribution < -0.4 is 10.6 Å². The van der Waals surface area contributed by atoms with Gasteiger partial charge in [-0.3, -0.25) is 4.99 Å². The third-order valence-electron chi connectivity index (χ3n) is 7.04. The van der Waals surface area contributed by atoms with Gasteiger partial charge in [-0.1, -0.05) is 60.2 Å². The molecule has 2 aliphatic rings. The number of rotatable bonds is 6. The van der Waals surface area contributed by atoms with Gasteiger partial charge in [-0.2, -0.15) is 0 Å². The fourth-order valence-electron chi connectivity index (χ4n) is 5.00. The maximum Gasteiger partial charge on any atom is 0.191 e. The van der Waals surface area contributed by atoms with Crippen LogP contribution in [0.25, 0.3) is 0 Å². The fraction of sp³-hybridized carbons (Fsp3) is 0.519. The van der Waals surface area contributed by atoms with Gasteiger partial charge in [0.15, 0.2) is 5.96 Å². The molecule has 0 aromatic heterocycles. The molecule has 2 aromatic carbocycles. The second kappa shape index (κ2) is 12.7. The number of benzene rings is 2. The number of aryl methyl sites for hydroxylation is 1. The summed E-state index contributed by atoms with van der Waals surface area (Å²) in [6.45, 7) is 6.27. The van der Waals surface area contributed by atoms with Gasteiger partial charge in [0, 0.05) is 51.3 Å². The van der Waals surface area contributed by atoms with Gasteiger partial charge in [0.25, 0.3) is 0 Å². The summed E-state index contributed by atoms with van der Waals surface area (Å²) >= 11 is 0. The number of halogens is 1. The van der Waals surface area contributed by atoms with Gasteiger partial charge >= 0.3 is 0 Å². The monoisotopic (exact) mass is 563 g/mol. The number of guanidine groups is 1. The minimum Gasteiger partial charge on any atom is -0.381 e. The molecule has 0 aliphatic carbocycles. The smallest absolute Gasteiger partial charge is 0.191 e. The number of nitrogens with one attached hydrogen (secondary N) is 2. The van der Waals surface area contributed by atoms with E-state index in [1.165, 1.54) is 16.7 Å². The molecule has 6 heteroatoms. The van der Waals surface area contributed by atoms with E-state index in [1.54, 1.807) is 0 Å². The zero-order valence-corrected chi connectivity index (χ0v) is 22.2. The van der Waals surface area contributed by atoms with Gasteiger partial charge in [-0.05, 0) is 43.7 Å². The second-order valence-electron chi connectivity index (χ2n) is 9.17. The summed E-state index contributed by atoms with van der Waals surface area (Å²) in [5.74, 6) is 1.29. The predicted molar refractivity (Wildman–Crippen MR) is 146 cm³/mol. The van der Waals surface area contributed by atoms with Crippen LogP contribution in [0.5, 0.6) is 0 Å². The van der Waals surface area contributed by atoms with Crippen molar-refractivity contribution < 1.29 is 9.47 Å². The standard InChI is InChI=1S/C27H37N3O2.HI/c1-21-10-12-22(13-11-21)25-23(7-6-16-32-25)19-29-26(28-2)30-20-27(14-17-31-18-15-27)24-8-4-3-5-9-24;/h3-5,8-13,23,25H,6-7,14-20H2,1-2H3,(H2,28,29,30);1H. The van der Waals surface area contributed by atoms with Gasteiger partial charge < -0.3 is 20.1 Å². The Bertz CT molecular complexity index is 867. The molecular weight excluding hydrogens is 525 g/mol. The zero-order chi connectivity index (χ0) is 22.2. The van der Waals surface area contributed by atoms with Crippen LogP contribution in [0.1, 0.15) is 48.5 Å². The van der Waals surface area contributed by atoms with Crippen LogP contribution in [0.3, 0.4) is 0 Å². The quantitative estimate of drug-likeness (QED) is 0.296. The van der Waals surface area contributed by atoms with Crippen molar-refractivity contribution in [1.82, 2.24) is 10.6 Å². The molecule has 2 unspecified atom stereocenters. The van der Waals surface area contributed by atoms with E-state index in [0.717, 1.165) is 64.6 Å². The van der Waals surface area contributed by atoms with Crippen LogP contribution in [-0.2, 0) is 14.9 Å². The maximum absolute atomic E-state index is 6.20. The Morgan fingerprint density at radius 1 is 1.00 bits per heavy atom. The SMILES string of the molecule is CN=C(NCC1CCCOC1c1ccc(C)cc1)NCC1(c2ccccc2)CCOCC1.I. The van der Waals surface area contributed by atoms with E-state index in [2.05, 4.69) is 77.1 Å². The minimum absolute atomic E-state index is 0. The Balaban J connectivity index is 0.00000306. The number of ether oxygens (including phenoxy) is 2. The van der Waals surface area contributed by atoms with Crippen molar-refractivity contribution in [2.45, 2.75) is 44.1 Å². The number of nitrogens with zero attached hydrogens (tertiary/aromatic N) is 1. The molecule has 0 radical (unpaired) electrons. The van der Waals surface area contributed by atoms with Crippen LogP contribution in [0.15, 0.2) is 59.6 Å². The van der Waals surface area contributed by atoms with Crippen LogP contribution in [0, 0.1) is 12.8 Å². The highest BCUT2D eigenvalue weighted by molar-refractivity contribution is 14.0. The van der Waals surface area contributed by atoms with Crippen molar-refractivity contribution in [3.63, 3.8) is 0 Å². The molecule has 0 saturated carbocycles. The summed E-state index contributed by atoms with van der Waals surface area (Å²) in [4.78, 5) is 4.51. The lowest BCUT2D eigenvalue weighted by atomic mass is 9.74. The molecule has 2 heterocycles. The van der Waals surface area contributed by atoms with Gasteiger partial charge in [-0.25, -0.2) is 0 Å². The van der Waals surface area contributed by atoms with Gasteiger partial charge in [0.2, 0.25) is 0 Å². The summed E-state index contributed by atoms with van der Waals surface area (Å²) in [7, 11) is 1.85. The van der Waals surface area contributed by atoms with E-state index in [1.807, 2.05) is 7.05 Å². The highest BCUT2D eigenvalue weighted by Gasteiger charge is 2.34. The topological polar surface area (TPSA) is 54.9 Å². The molecule has 2 aliphatic heterocycles. The molecule has 4 rings (SSSR count). The highest BCUT2D eigenvalue weighted by Crippen LogP contribution is 2.35. The Hall–Kier alpha value is -1.64. The van der Waals surface area contributed by atoms with E-state index in [4.69, 9.17) is 9.47 Å². The third-order valence-corrected chi connectivity index (χ3v) is 7.04. The van der Waals surface area contributed by atoms with E-state index in [9.17, 15) is 0 Å². The zero-order valence-electron chi connectivity index (χ0n) is 19.9. The maximum atomic E-state index is 6.20. The van der Waals surface area contributed by atoms with Crippen molar-refractivity contribution in [2.24, 2.45) is 10.9 Å². The van der Waals surface area contributed by atoms with Crippen LogP contribution in [0.4, 0.5) is 0 Å². The summed E-state index contributed by atoms with van der Waals surface area (Å²) < 4.78 is 11.9. The van der Waals surface area contributed by atoms with Crippen LogP contribution in [-0.4, -0.2) is 45.9 Å². The lowest BCUT2D eigenvalue weighted by molar-refractivity contribution is -0.0265. The first kappa shape index (κ1) is 26.0. The van der Waals surface area contributed by atoms with E-state index >= 15 is 0 Å². The molecule has 0 spiro atoms. The van der Waals surface area contributed by atoms with E-state index in [-0.39, 0.29) is 35.5 Å². The largest absolute Gasteiger partial charge is 0.381 e. The minimum atomic E-state index is 0. The van der Waals surface area contributed by atoms with Crippen molar-refractivity contribution in [3.05, 3.63) is 71.3 Å². The Morgan fingerprint density at radius 3 is 2.42 bits per heavy atom. The van der Waals surface area contributed by atoms with Crippen molar-refractivity contribution >= 4 is 29.9 Å². The Morgan fingerprint density at radius 2 is 1.73 bits per heavy atom. The molecule has 33 heavy (non-hydrogen) atoms. The van der Waals surface area contributed by atoms with Crippen LogP contribution in [0.2, 0.25) is 0 Å². The third kappa shape index (κ3) is 6.70. The molecule has 2 aromatic rings. The molecule has 5 nitrogen and oxygen atoms in total. The summed E-state index contributed by atoms with van der Waals surface area (Å²) in [5.41, 5.74) is 4.01. The average molecular weight is 564 g/mol. The highest BCUT2D eigenvalue weighted by atomic mass is 127. The molecule has 2 saturated heterocycles. The van der Waals surface area contributed by atoms with Crippen molar-refractivity contribution in [3.8, 4) is 0 Å². The van der Waals surface area contributed by atoms with Gasteiger partial charge in [0.1, 0.15) is 0 Å². The summed E-state index contributed by atoms with van der Waals surface area (Å²) in [5, 5.41) is 7.21. The number of aliphatic imine (C=N–C) groups is 1. The molecule has 180 valence electrons. The fourth-order valence-corrected chi connectivity index (χ4v) is 5.00. The first-order valence-corrected chi connectivity index (χ1v) is 12.0. The molecule has 2 fully saturated rings. The lowest BCUT2D eigenvalue weighted by Crippen LogP contribution is -2.49. The molecular formula is C27H38IN3O2. The second-order valence-corrected chi connectivity index (χ2v) is 9.17. The Labute approximate surface area is 215 Å². The lowest BCUT2D eigenvalue weighted by Gasteiger charge is -2.38. The first-order chi connectivity index (χ1) is 15.7.